The second kappa shape index (κ2) is 5.37. The van der Waals surface area contributed by atoms with Gasteiger partial charge in [0.15, 0.2) is 23.9 Å². The Hall–Kier alpha value is -1.67. The Kier molecular flexibility index (Phi) is 3.96. The first-order valence-corrected chi connectivity index (χ1v) is 7.45. The number of hydrogen-bond acceptors (Lipinski definition) is 6. The lowest BCUT2D eigenvalue weighted by molar-refractivity contribution is -0.0442. The number of ether oxygens (including phenoxy) is 2. The summed E-state index contributed by atoms with van der Waals surface area (Å²) in [7, 11) is -3.73. The molecule has 6 nitrogen and oxygen atoms in total. The van der Waals surface area contributed by atoms with Gasteiger partial charge in [0.05, 0.1) is 11.3 Å². The van der Waals surface area contributed by atoms with Gasteiger partial charge in [0.1, 0.15) is 5.82 Å². The Morgan fingerprint density at radius 1 is 1.50 bits per heavy atom. The summed E-state index contributed by atoms with van der Waals surface area (Å²) in [5.74, 6) is -1.25. The van der Waals surface area contributed by atoms with E-state index in [1.807, 2.05) is 0 Å². The minimum Gasteiger partial charge on any atom is -0.483 e. The molecule has 2 rings (SSSR count). The number of Topliss-reactive ketones (excluding diaryl/α,β-unsaturated/α-hetero) is 1. The third kappa shape index (κ3) is 3.07. The molecule has 0 fully saturated rings. The number of ketones is 1. The minimum absolute atomic E-state index is 0.0125. The summed E-state index contributed by atoms with van der Waals surface area (Å²) in [6, 6.07) is 2.06. The molecule has 1 aliphatic heterocycles. The van der Waals surface area contributed by atoms with Crippen LogP contribution in [0.4, 0.5) is 4.39 Å². The molecule has 0 N–H and O–H groups in total. The second-order valence-electron chi connectivity index (χ2n) is 4.14. The maximum atomic E-state index is 13.3. The van der Waals surface area contributed by atoms with E-state index in [4.69, 9.17) is 13.7 Å². The Balaban J connectivity index is 2.31. The molecule has 0 bridgehead atoms. The molecule has 0 aromatic heterocycles. The fraction of sp³-hybridized carbons (Fsp3) is 0.417. The normalized spacial score (nSPS) is 17.9. The van der Waals surface area contributed by atoms with E-state index >= 15 is 0 Å². The molecule has 1 aromatic carbocycles. The molecule has 0 saturated heterocycles. The van der Waals surface area contributed by atoms with E-state index in [-0.39, 0.29) is 29.4 Å². The van der Waals surface area contributed by atoms with E-state index < -0.39 is 28.0 Å². The van der Waals surface area contributed by atoms with E-state index in [9.17, 15) is 17.6 Å². The number of fused-ring (bicyclic) bond motifs is 1. The van der Waals surface area contributed by atoms with Gasteiger partial charge in [-0.2, -0.15) is 8.42 Å². The molecule has 20 heavy (non-hydrogen) atoms. The molecule has 8 heteroatoms. The summed E-state index contributed by atoms with van der Waals surface area (Å²) in [6.45, 7) is 2.45. The molecule has 0 amide bonds. The largest absolute Gasteiger partial charge is 0.483 e. The number of carbonyl (C=O) groups excluding carboxylic acids is 1. The maximum Gasteiger partial charge on any atom is 0.270 e. The van der Waals surface area contributed by atoms with Crippen LogP contribution >= 0.6 is 0 Å². The first kappa shape index (κ1) is 14.7. The highest BCUT2D eigenvalue weighted by molar-refractivity contribution is 7.86. The first-order chi connectivity index (χ1) is 9.32. The molecule has 0 saturated carbocycles. The number of halogens is 1. The smallest absolute Gasteiger partial charge is 0.270 e. The van der Waals surface area contributed by atoms with Crippen molar-refractivity contribution in [3.63, 3.8) is 0 Å². The van der Waals surface area contributed by atoms with Crippen LogP contribution in [0.25, 0.3) is 0 Å². The highest BCUT2D eigenvalue weighted by atomic mass is 32.2. The SMILES string of the molecule is CCS(=O)(=O)O[C@H]1COc2cc(F)cc(C(C)=O)c2O1. The van der Waals surface area contributed by atoms with E-state index in [0.29, 0.717) is 0 Å². The van der Waals surface area contributed by atoms with E-state index in [1.54, 1.807) is 0 Å². The van der Waals surface area contributed by atoms with E-state index in [1.165, 1.54) is 13.8 Å². The third-order valence-corrected chi connectivity index (χ3v) is 3.85. The fourth-order valence-electron chi connectivity index (χ4n) is 1.66. The predicted molar refractivity (Wildman–Crippen MR) is 66.9 cm³/mol. The molecule has 1 heterocycles. The first-order valence-electron chi connectivity index (χ1n) is 5.87. The zero-order valence-electron chi connectivity index (χ0n) is 10.9. The predicted octanol–water partition coefficient (Wildman–Crippen LogP) is 1.49. The summed E-state index contributed by atoms with van der Waals surface area (Å²) < 4.78 is 51.3. The average Bonchev–Trinajstić information content (AvgIpc) is 2.37. The molecule has 0 spiro atoms. The number of hydrogen-bond donors (Lipinski definition) is 0. The zero-order valence-corrected chi connectivity index (χ0v) is 11.7. The summed E-state index contributed by atoms with van der Waals surface area (Å²) in [5.41, 5.74) is -0.0257. The minimum atomic E-state index is -3.73. The molecule has 1 atom stereocenters. The van der Waals surface area contributed by atoms with Gasteiger partial charge in [-0.1, -0.05) is 0 Å². The van der Waals surface area contributed by atoms with Gasteiger partial charge in [-0.3, -0.25) is 4.79 Å². The summed E-state index contributed by atoms with van der Waals surface area (Å²) in [5, 5.41) is 0. The molecule has 0 unspecified atom stereocenters. The van der Waals surface area contributed by atoms with Crippen molar-refractivity contribution in [3.05, 3.63) is 23.5 Å². The number of rotatable bonds is 4. The van der Waals surface area contributed by atoms with Gasteiger partial charge < -0.3 is 9.47 Å². The Labute approximate surface area is 115 Å². The van der Waals surface area contributed by atoms with Gasteiger partial charge in [-0.15, -0.1) is 0 Å². The molecular weight excluding hydrogens is 291 g/mol. The lowest BCUT2D eigenvalue weighted by Crippen LogP contribution is -2.35. The lowest BCUT2D eigenvalue weighted by atomic mass is 10.1. The molecule has 0 radical (unpaired) electrons. The monoisotopic (exact) mass is 304 g/mol. The Bertz CT molecular complexity index is 640. The van der Waals surface area contributed by atoms with Crippen LogP contribution in [0.2, 0.25) is 0 Å². The summed E-state index contributed by atoms with van der Waals surface area (Å²) in [4.78, 5) is 11.5. The van der Waals surface area contributed by atoms with Crippen molar-refractivity contribution in [2.24, 2.45) is 0 Å². The maximum absolute atomic E-state index is 13.3. The number of benzene rings is 1. The van der Waals surface area contributed by atoms with Crippen LogP contribution in [-0.4, -0.2) is 32.9 Å². The highest BCUT2D eigenvalue weighted by Gasteiger charge is 2.29. The molecule has 1 aromatic rings. The highest BCUT2D eigenvalue weighted by Crippen LogP contribution is 2.37. The van der Waals surface area contributed by atoms with Crippen molar-refractivity contribution < 1.29 is 31.3 Å². The molecule has 1 aliphatic rings. The Morgan fingerprint density at radius 2 is 2.20 bits per heavy atom. The molecular formula is C12H13FO6S. The van der Waals surface area contributed by atoms with Crippen LogP contribution in [0.1, 0.15) is 24.2 Å². The quantitative estimate of drug-likeness (QED) is 0.619. The van der Waals surface area contributed by atoms with Crippen LogP contribution in [0.3, 0.4) is 0 Å². The average molecular weight is 304 g/mol. The van der Waals surface area contributed by atoms with Crippen molar-refractivity contribution in [2.75, 3.05) is 12.4 Å². The van der Waals surface area contributed by atoms with E-state index in [0.717, 1.165) is 12.1 Å². The van der Waals surface area contributed by atoms with Gasteiger partial charge in [0, 0.05) is 6.07 Å². The van der Waals surface area contributed by atoms with Crippen LogP contribution < -0.4 is 9.47 Å². The second-order valence-corrected chi connectivity index (χ2v) is 6.02. The van der Waals surface area contributed by atoms with Crippen molar-refractivity contribution in [2.45, 2.75) is 20.1 Å². The third-order valence-electron chi connectivity index (χ3n) is 2.63. The van der Waals surface area contributed by atoms with Crippen molar-refractivity contribution in [1.82, 2.24) is 0 Å². The van der Waals surface area contributed by atoms with Gasteiger partial charge in [-0.25, -0.2) is 8.57 Å². The van der Waals surface area contributed by atoms with Gasteiger partial charge in [0.2, 0.25) is 0 Å². The van der Waals surface area contributed by atoms with Crippen molar-refractivity contribution >= 4 is 15.9 Å². The molecule has 110 valence electrons. The van der Waals surface area contributed by atoms with E-state index in [2.05, 4.69) is 0 Å². The standard InChI is InChI=1S/C12H13FO6S/c1-3-20(15,16)19-11-6-17-10-5-8(13)4-9(7(2)14)12(10)18-11/h4-5,11H,3,6H2,1-2H3/t11-/m0/s1. The van der Waals surface area contributed by atoms with Crippen LogP contribution in [0.15, 0.2) is 12.1 Å². The van der Waals surface area contributed by atoms with Gasteiger partial charge in [-0.05, 0) is 19.9 Å². The van der Waals surface area contributed by atoms with Crippen molar-refractivity contribution in [3.8, 4) is 11.5 Å². The van der Waals surface area contributed by atoms with Crippen LogP contribution in [-0.2, 0) is 14.3 Å². The fourth-order valence-corrected chi connectivity index (χ4v) is 2.22. The molecule has 0 aliphatic carbocycles. The lowest BCUT2D eigenvalue weighted by Gasteiger charge is -2.27. The van der Waals surface area contributed by atoms with Crippen molar-refractivity contribution in [1.29, 1.82) is 0 Å². The Morgan fingerprint density at radius 3 is 2.80 bits per heavy atom. The van der Waals surface area contributed by atoms with Crippen LogP contribution in [0, 0.1) is 5.82 Å². The van der Waals surface area contributed by atoms with Gasteiger partial charge >= 0.3 is 0 Å². The summed E-state index contributed by atoms with van der Waals surface area (Å²) in [6.07, 6.45) is -1.20. The van der Waals surface area contributed by atoms with Crippen LogP contribution in [0.5, 0.6) is 11.5 Å². The van der Waals surface area contributed by atoms with Gasteiger partial charge in [0.25, 0.3) is 16.4 Å². The zero-order chi connectivity index (χ0) is 14.9. The topological polar surface area (TPSA) is 78.9 Å². The summed E-state index contributed by atoms with van der Waals surface area (Å²) >= 11 is 0. The number of carbonyl (C=O) groups is 1.